The molecule has 0 N–H and O–H groups in total. The zero-order valence-corrected chi connectivity index (χ0v) is 16.4. The van der Waals surface area contributed by atoms with Crippen molar-refractivity contribution in [3.63, 3.8) is 0 Å². The number of benzene rings is 2. The lowest BCUT2D eigenvalue weighted by Crippen LogP contribution is -2.29. The van der Waals surface area contributed by atoms with Crippen molar-refractivity contribution in [3.8, 4) is 5.75 Å². The molecule has 1 aromatic heterocycles. The molecule has 0 radical (unpaired) electrons. The van der Waals surface area contributed by atoms with Gasteiger partial charge in [0.1, 0.15) is 12.1 Å². The van der Waals surface area contributed by atoms with E-state index in [9.17, 15) is 4.79 Å². The number of hydrogen-bond acceptors (Lipinski definition) is 6. The molecule has 1 amide bonds. The van der Waals surface area contributed by atoms with Gasteiger partial charge in [0.15, 0.2) is 5.82 Å². The zero-order chi connectivity index (χ0) is 21.0. The molecule has 2 aliphatic heterocycles. The molecule has 7 heteroatoms. The van der Waals surface area contributed by atoms with E-state index in [0.29, 0.717) is 23.7 Å². The maximum Gasteiger partial charge on any atom is 0.274 e. The van der Waals surface area contributed by atoms with Gasteiger partial charge in [0.25, 0.3) is 5.91 Å². The SMILES string of the molecule is O=C1/N=C\C=C/Oc2ccc3ncnc(c3c2)/N=c2/cccc/c2=C/N2C=CC=C1C2. The average Bonchev–Trinajstić information content (AvgIpc) is 2.80. The Morgan fingerprint density at radius 3 is 2.94 bits per heavy atom. The Bertz CT molecular complexity index is 1420. The molecule has 0 unspecified atom stereocenters. The van der Waals surface area contributed by atoms with E-state index in [0.717, 1.165) is 21.5 Å². The largest absolute Gasteiger partial charge is 0.465 e. The highest BCUT2D eigenvalue weighted by Gasteiger charge is 2.12. The summed E-state index contributed by atoms with van der Waals surface area (Å²) in [7, 11) is 0. The maximum absolute atomic E-state index is 12.4. The fourth-order valence-electron chi connectivity index (χ4n) is 3.32. The number of carbonyl (C=O) groups excluding carboxylic acids is 1. The number of carbonyl (C=O) groups is 1. The van der Waals surface area contributed by atoms with Crippen molar-refractivity contribution in [3.05, 3.63) is 95.6 Å². The van der Waals surface area contributed by atoms with Gasteiger partial charge in [-0.3, -0.25) is 4.79 Å². The normalized spacial score (nSPS) is 19.8. The third kappa shape index (κ3) is 4.02. The first-order valence-corrected chi connectivity index (χ1v) is 9.70. The standard InChI is InChI=1S/C24H17N5O2/c30-24-18-6-3-11-29(15-18)14-17-5-1-2-7-21(17)28-23-20-13-19(31-12-4-10-25-24)8-9-22(20)26-16-27-23/h1-14,16H,15H2/b12-4-,17-14-,25-10-,28-21-. The fraction of sp³-hybridized carbons (Fsp3) is 0.0417. The van der Waals surface area contributed by atoms with E-state index < -0.39 is 0 Å². The van der Waals surface area contributed by atoms with Crippen molar-refractivity contribution < 1.29 is 9.53 Å². The molecular weight excluding hydrogens is 390 g/mol. The van der Waals surface area contributed by atoms with Crippen LogP contribution in [0.1, 0.15) is 0 Å². The summed E-state index contributed by atoms with van der Waals surface area (Å²) >= 11 is 0. The van der Waals surface area contributed by atoms with E-state index in [2.05, 4.69) is 15.0 Å². The van der Waals surface area contributed by atoms with Gasteiger partial charge in [-0.2, -0.15) is 0 Å². The molecule has 0 spiro atoms. The Hall–Kier alpha value is -4.39. The van der Waals surface area contributed by atoms with Crippen LogP contribution in [0.2, 0.25) is 0 Å². The smallest absolute Gasteiger partial charge is 0.274 e. The second kappa shape index (κ2) is 8.16. The van der Waals surface area contributed by atoms with E-state index in [1.54, 1.807) is 12.2 Å². The Morgan fingerprint density at radius 1 is 1.03 bits per heavy atom. The molecule has 2 aliphatic rings. The van der Waals surface area contributed by atoms with E-state index >= 15 is 0 Å². The van der Waals surface area contributed by atoms with Crippen LogP contribution in [0, 0.1) is 0 Å². The minimum Gasteiger partial charge on any atom is -0.465 e. The molecule has 4 bridgehead atoms. The van der Waals surface area contributed by atoms with Gasteiger partial charge in [-0.25, -0.2) is 20.0 Å². The summed E-state index contributed by atoms with van der Waals surface area (Å²) in [6.07, 6.45) is 13.4. The number of nitrogens with zero attached hydrogens (tertiary/aromatic N) is 5. The van der Waals surface area contributed by atoms with Gasteiger partial charge in [0, 0.05) is 34.8 Å². The van der Waals surface area contributed by atoms with Gasteiger partial charge < -0.3 is 9.64 Å². The van der Waals surface area contributed by atoms with Crippen LogP contribution in [-0.2, 0) is 4.79 Å². The van der Waals surface area contributed by atoms with Gasteiger partial charge in [0.05, 0.1) is 23.7 Å². The Kier molecular flexibility index (Phi) is 4.90. The van der Waals surface area contributed by atoms with Crippen LogP contribution in [0.5, 0.6) is 5.75 Å². The molecule has 7 nitrogen and oxygen atoms in total. The first-order chi connectivity index (χ1) is 15.3. The summed E-state index contributed by atoms with van der Waals surface area (Å²) in [6.45, 7) is 0.416. The van der Waals surface area contributed by atoms with Gasteiger partial charge in [-0.15, -0.1) is 0 Å². The molecule has 150 valence electrons. The van der Waals surface area contributed by atoms with Crippen molar-refractivity contribution in [2.75, 3.05) is 6.54 Å². The second-order valence-electron chi connectivity index (χ2n) is 6.91. The van der Waals surface area contributed by atoms with Crippen LogP contribution in [-0.4, -0.2) is 33.5 Å². The highest BCUT2D eigenvalue weighted by molar-refractivity contribution is 6.00. The molecule has 0 saturated heterocycles. The van der Waals surface area contributed by atoms with Crippen LogP contribution >= 0.6 is 0 Å². The van der Waals surface area contributed by atoms with Crippen LogP contribution in [0.3, 0.4) is 0 Å². The summed E-state index contributed by atoms with van der Waals surface area (Å²) in [4.78, 5) is 31.9. The molecule has 2 aromatic carbocycles. The lowest BCUT2D eigenvalue weighted by Gasteiger charge is -2.19. The Labute approximate surface area is 177 Å². The van der Waals surface area contributed by atoms with Crippen LogP contribution in [0.25, 0.3) is 17.1 Å². The Morgan fingerprint density at radius 2 is 1.97 bits per heavy atom. The van der Waals surface area contributed by atoms with E-state index in [-0.39, 0.29) is 5.91 Å². The lowest BCUT2D eigenvalue weighted by molar-refractivity contribution is -0.114. The monoisotopic (exact) mass is 407 g/mol. The number of aliphatic imine (C=N–C) groups is 1. The quantitative estimate of drug-likeness (QED) is 0.572. The minimum atomic E-state index is -0.293. The molecule has 0 fully saturated rings. The number of rotatable bonds is 0. The highest BCUT2D eigenvalue weighted by atomic mass is 16.5. The number of amides is 1. The molecule has 3 aromatic rings. The molecule has 3 heterocycles. The van der Waals surface area contributed by atoms with E-state index in [1.165, 1.54) is 18.8 Å². The third-order valence-corrected chi connectivity index (χ3v) is 4.82. The second-order valence-corrected chi connectivity index (χ2v) is 6.91. The van der Waals surface area contributed by atoms with Crippen LogP contribution in [0.4, 0.5) is 5.82 Å². The molecule has 0 atom stereocenters. The minimum absolute atomic E-state index is 0.293. The first kappa shape index (κ1) is 18.6. The molecular formula is C24H17N5O2. The van der Waals surface area contributed by atoms with Crippen molar-refractivity contribution in [1.82, 2.24) is 14.9 Å². The summed E-state index contributed by atoms with van der Waals surface area (Å²) in [5.41, 5.74) is 1.36. The van der Waals surface area contributed by atoms with Crippen molar-refractivity contribution in [1.29, 1.82) is 0 Å². The maximum atomic E-state index is 12.4. The Balaban J connectivity index is 1.73. The number of ether oxygens (including phenoxy) is 1. The highest BCUT2D eigenvalue weighted by Crippen LogP contribution is 2.26. The molecule has 0 aliphatic carbocycles. The predicted molar refractivity (Wildman–Crippen MR) is 118 cm³/mol. The summed E-state index contributed by atoms with van der Waals surface area (Å²) in [6, 6.07) is 13.3. The van der Waals surface area contributed by atoms with Crippen LogP contribution < -0.4 is 15.3 Å². The molecule has 31 heavy (non-hydrogen) atoms. The number of hydrogen-bond donors (Lipinski definition) is 0. The topological polar surface area (TPSA) is 80.0 Å². The fourth-order valence-corrected chi connectivity index (χ4v) is 3.32. The van der Waals surface area contributed by atoms with E-state index in [4.69, 9.17) is 9.73 Å². The molecule has 5 rings (SSSR count). The van der Waals surface area contributed by atoms with Crippen molar-refractivity contribution in [2.45, 2.75) is 0 Å². The third-order valence-electron chi connectivity index (χ3n) is 4.82. The number of para-hydroxylation sites is 1. The number of allylic oxidation sites excluding steroid dienone is 3. The number of aromatic nitrogens is 2. The average molecular weight is 407 g/mol. The van der Waals surface area contributed by atoms with Crippen LogP contribution in [0.15, 0.2) is 95.0 Å². The molecule has 0 saturated carbocycles. The summed E-state index contributed by atoms with van der Waals surface area (Å²) in [5.74, 6) is 0.864. The van der Waals surface area contributed by atoms with Gasteiger partial charge in [-0.1, -0.05) is 24.3 Å². The van der Waals surface area contributed by atoms with E-state index in [1.807, 2.05) is 65.8 Å². The number of fused-ring (bicyclic) bond motifs is 4. The zero-order valence-electron chi connectivity index (χ0n) is 16.4. The van der Waals surface area contributed by atoms with Crippen molar-refractivity contribution in [2.24, 2.45) is 9.98 Å². The first-order valence-electron chi connectivity index (χ1n) is 9.70. The van der Waals surface area contributed by atoms with Crippen molar-refractivity contribution >= 4 is 35.0 Å². The van der Waals surface area contributed by atoms with Gasteiger partial charge in [-0.05, 0) is 36.4 Å². The summed E-state index contributed by atoms with van der Waals surface area (Å²) < 4.78 is 5.66. The van der Waals surface area contributed by atoms with Gasteiger partial charge in [0.2, 0.25) is 0 Å². The lowest BCUT2D eigenvalue weighted by atomic mass is 10.1. The van der Waals surface area contributed by atoms with Gasteiger partial charge >= 0.3 is 0 Å². The predicted octanol–water partition coefficient (Wildman–Crippen LogP) is 2.58. The summed E-state index contributed by atoms with van der Waals surface area (Å²) in [5, 5.41) is 2.43.